The topological polar surface area (TPSA) is 23.5 Å². The van der Waals surface area contributed by atoms with Crippen molar-refractivity contribution in [2.75, 3.05) is 7.05 Å². The molecule has 2 fully saturated rings. The average Bonchev–Trinajstić information content (AvgIpc) is 2.63. The lowest BCUT2D eigenvalue weighted by Crippen LogP contribution is -2.49. The van der Waals surface area contributed by atoms with Gasteiger partial charge in [0.05, 0.1) is 5.60 Å². The molecule has 1 N–H and O–H groups in total. The lowest BCUT2D eigenvalue weighted by atomic mass is 9.83. The highest BCUT2D eigenvalue weighted by Crippen LogP contribution is 2.41. The number of aliphatic hydroxyl groups is 1. The van der Waals surface area contributed by atoms with Gasteiger partial charge in [0.2, 0.25) is 0 Å². The van der Waals surface area contributed by atoms with Crippen LogP contribution in [0.5, 0.6) is 0 Å². The Balaban J connectivity index is 1.62. The minimum Gasteiger partial charge on any atom is -0.389 e. The van der Waals surface area contributed by atoms with E-state index >= 15 is 0 Å². The van der Waals surface area contributed by atoms with Crippen LogP contribution in [-0.4, -0.2) is 34.7 Å². The van der Waals surface area contributed by atoms with Crippen LogP contribution in [0.2, 0.25) is 0 Å². The first-order valence-corrected chi connectivity index (χ1v) is 7.32. The maximum Gasteiger partial charge on any atom is 0.0711 e. The van der Waals surface area contributed by atoms with E-state index in [9.17, 15) is 5.11 Å². The average molecular weight is 257 g/mol. The van der Waals surface area contributed by atoms with Crippen molar-refractivity contribution in [2.24, 2.45) is 0 Å². The zero-order chi connectivity index (χ0) is 13.3. The summed E-state index contributed by atoms with van der Waals surface area (Å²) in [7, 11) is 2.21. The van der Waals surface area contributed by atoms with Gasteiger partial charge in [-0.15, -0.1) is 0 Å². The molecule has 0 aliphatic carbocycles. The van der Waals surface area contributed by atoms with Gasteiger partial charge in [-0.3, -0.25) is 0 Å². The molecule has 2 heterocycles. The third kappa shape index (κ3) is 2.75. The largest absolute Gasteiger partial charge is 0.389 e. The Morgan fingerprint density at radius 3 is 2.47 bits per heavy atom. The van der Waals surface area contributed by atoms with Crippen LogP contribution in [0, 0.1) is 0 Å². The summed E-state index contributed by atoms with van der Waals surface area (Å²) < 4.78 is 0. The number of fused-ring (bicyclic) bond motifs is 2. The number of rotatable bonds is 3. The summed E-state index contributed by atoms with van der Waals surface area (Å²) in [5.41, 5.74) is 0.728. The summed E-state index contributed by atoms with van der Waals surface area (Å²) in [6.07, 6.45) is 9.41. The highest BCUT2D eigenvalue weighted by molar-refractivity contribution is 5.48. The molecule has 2 aliphatic rings. The predicted octanol–water partition coefficient (Wildman–Crippen LogP) is 3.08. The van der Waals surface area contributed by atoms with Gasteiger partial charge in [-0.25, -0.2) is 0 Å². The lowest BCUT2D eigenvalue weighted by molar-refractivity contribution is -0.0417. The van der Waals surface area contributed by atoms with Crippen LogP contribution < -0.4 is 0 Å². The van der Waals surface area contributed by atoms with Gasteiger partial charge < -0.3 is 10.0 Å². The number of hydrogen-bond donors (Lipinski definition) is 1. The maximum absolute atomic E-state index is 10.8. The Morgan fingerprint density at radius 2 is 1.84 bits per heavy atom. The monoisotopic (exact) mass is 257 g/mol. The van der Waals surface area contributed by atoms with E-state index in [4.69, 9.17) is 0 Å². The summed E-state index contributed by atoms with van der Waals surface area (Å²) in [5, 5.41) is 10.8. The van der Waals surface area contributed by atoms with Crippen molar-refractivity contribution in [1.82, 2.24) is 4.90 Å². The summed E-state index contributed by atoms with van der Waals surface area (Å²) in [5.74, 6) is 0. The Bertz CT molecular complexity index is 440. The molecule has 1 aromatic carbocycles. The highest BCUT2D eigenvalue weighted by Gasteiger charge is 2.45. The van der Waals surface area contributed by atoms with Crippen LogP contribution in [0.1, 0.15) is 37.7 Å². The first kappa shape index (κ1) is 12.9. The van der Waals surface area contributed by atoms with E-state index in [-0.39, 0.29) is 0 Å². The van der Waals surface area contributed by atoms with Crippen LogP contribution in [0.15, 0.2) is 36.4 Å². The van der Waals surface area contributed by atoms with Gasteiger partial charge in [-0.05, 0) is 44.7 Å². The molecule has 2 bridgehead atoms. The van der Waals surface area contributed by atoms with E-state index in [2.05, 4.69) is 36.2 Å². The van der Waals surface area contributed by atoms with Crippen molar-refractivity contribution in [3.63, 3.8) is 0 Å². The SMILES string of the molecule is CN1C2CCC1CC(O)(C/C=C/c1ccccc1)C2. The second kappa shape index (κ2) is 5.10. The van der Waals surface area contributed by atoms with Crippen LogP contribution in [0.25, 0.3) is 6.08 Å². The molecule has 2 saturated heterocycles. The molecule has 2 heteroatoms. The van der Waals surface area contributed by atoms with Gasteiger partial charge in [-0.1, -0.05) is 42.5 Å². The second-order valence-electron chi connectivity index (χ2n) is 6.20. The van der Waals surface area contributed by atoms with Crippen molar-refractivity contribution in [3.05, 3.63) is 42.0 Å². The second-order valence-corrected chi connectivity index (χ2v) is 6.20. The number of nitrogens with zero attached hydrogens (tertiary/aromatic N) is 1. The molecule has 19 heavy (non-hydrogen) atoms. The van der Waals surface area contributed by atoms with Crippen molar-refractivity contribution in [1.29, 1.82) is 0 Å². The predicted molar refractivity (Wildman–Crippen MR) is 78.8 cm³/mol. The summed E-state index contributed by atoms with van der Waals surface area (Å²) >= 11 is 0. The standard InChI is InChI=1S/C17H23NO/c1-18-15-9-10-16(18)13-17(19,12-15)11-5-8-14-6-3-2-4-7-14/h2-8,15-16,19H,9-13H2,1H3/b8-5+. The molecule has 0 amide bonds. The van der Waals surface area contributed by atoms with Crippen molar-refractivity contribution in [3.8, 4) is 0 Å². The fourth-order valence-electron chi connectivity index (χ4n) is 3.69. The van der Waals surface area contributed by atoms with E-state index < -0.39 is 5.60 Å². The Labute approximate surface area is 115 Å². The smallest absolute Gasteiger partial charge is 0.0711 e. The molecular weight excluding hydrogens is 234 g/mol. The summed E-state index contributed by atoms with van der Waals surface area (Å²) in [6, 6.07) is 11.5. The molecule has 102 valence electrons. The third-order valence-electron chi connectivity index (χ3n) is 4.82. The molecule has 2 nitrogen and oxygen atoms in total. The zero-order valence-corrected chi connectivity index (χ0v) is 11.6. The summed E-state index contributed by atoms with van der Waals surface area (Å²) in [4.78, 5) is 2.47. The van der Waals surface area contributed by atoms with E-state index in [0.717, 1.165) is 19.3 Å². The maximum atomic E-state index is 10.8. The fourth-order valence-corrected chi connectivity index (χ4v) is 3.69. The zero-order valence-electron chi connectivity index (χ0n) is 11.6. The van der Waals surface area contributed by atoms with E-state index in [1.165, 1.54) is 18.4 Å². The van der Waals surface area contributed by atoms with Gasteiger partial charge in [0.15, 0.2) is 0 Å². The molecule has 2 unspecified atom stereocenters. The molecule has 1 aromatic rings. The molecule has 0 saturated carbocycles. The van der Waals surface area contributed by atoms with Crippen LogP contribution >= 0.6 is 0 Å². The van der Waals surface area contributed by atoms with Gasteiger partial charge >= 0.3 is 0 Å². The first-order valence-electron chi connectivity index (χ1n) is 7.32. The molecular formula is C17H23NO. The van der Waals surface area contributed by atoms with Gasteiger partial charge in [0, 0.05) is 12.1 Å². The third-order valence-corrected chi connectivity index (χ3v) is 4.82. The van der Waals surface area contributed by atoms with E-state index in [0.29, 0.717) is 12.1 Å². The molecule has 0 radical (unpaired) electrons. The van der Waals surface area contributed by atoms with Crippen LogP contribution in [0.4, 0.5) is 0 Å². The van der Waals surface area contributed by atoms with Crippen LogP contribution in [-0.2, 0) is 0 Å². The summed E-state index contributed by atoms with van der Waals surface area (Å²) in [6.45, 7) is 0. The normalized spacial score (nSPS) is 35.1. The minimum absolute atomic E-state index is 0.483. The Morgan fingerprint density at radius 1 is 1.21 bits per heavy atom. The van der Waals surface area contributed by atoms with Crippen molar-refractivity contribution >= 4 is 6.08 Å². The quantitative estimate of drug-likeness (QED) is 0.899. The Kier molecular flexibility index (Phi) is 3.46. The highest BCUT2D eigenvalue weighted by atomic mass is 16.3. The first-order chi connectivity index (χ1) is 9.16. The number of benzene rings is 1. The number of piperidine rings is 1. The van der Waals surface area contributed by atoms with Crippen molar-refractivity contribution < 1.29 is 5.11 Å². The minimum atomic E-state index is -0.483. The molecule has 2 atom stereocenters. The van der Waals surface area contributed by atoms with Gasteiger partial charge in [0.1, 0.15) is 0 Å². The van der Waals surface area contributed by atoms with E-state index in [1.807, 2.05) is 18.2 Å². The Hall–Kier alpha value is -1.12. The molecule has 2 aliphatic heterocycles. The van der Waals surface area contributed by atoms with Crippen LogP contribution in [0.3, 0.4) is 0 Å². The van der Waals surface area contributed by atoms with Gasteiger partial charge in [0.25, 0.3) is 0 Å². The lowest BCUT2D eigenvalue weighted by Gasteiger charge is -2.41. The molecule has 0 spiro atoms. The fraction of sp³-hybridized carbons (Fsp3) is 0.529. The van der Waals surface area contributed by atoms with Gasteiger partial charge in [-0.2, -0.15) is 0 Å². The molecule has 3 rings (SSSR count). The molecule has 0 aromatic heterocycles. The number of hydrogen-bond acceptors (Lipinski definition) is 2. The van der Waals surface area contributed by atoms with Crippen molar-refractivity contribution in [2.45, 2.75) is 49.8 Å². The van der Waals surface area contributed by atoms with E-state index in [1.54, 1.807) is 0 Å².